The predicted molar refractivity (Wildman–Crippen MR) is 72.4 cm³/mol. The maximum atomic E-state index is 6.29. The molecule has 0 saturated heterocycles. The predicted octanol–water partition coefficient (Wildman–Crippen LogP) is 4.88. The van der Waals surface area contributed by atoms with E-state index in [0.29, 0.717) is 5.92 Å². The van der Waals surface area contributed by atoms with E-state index in [0.717, 1.165) is 20.2 Å². The molecule has 1 nitrogen and oxygen atoms in total. The van der Waals surface area contributed by atoms with E-state index in [4.69, 9.17) is 28.9 Å². The number of nitrogens with two attached hydrogens (primary N) is 1. The first kappa shape index (κ1) is 12.7. The zero-order chi connectivity index (χ0) is 11.7. The molecule has 1 aliphatic carbocycles. The molecule has 1 atom stereocenters. The van der Waals surface area contributed by atoms with Gasteiger partial charge in [0.2, 0.25) is 0 Å². The number of thiophene rings is 1. The van der Waals surface area contributed by atoms with E-state index < -0.39 is 0 Å². The highest BCUT2D eigenvalue weighted by Gasteiger charge is 2.26. The third-order valence-corrected chi connectivity index (χ3v) is 5.13. The van der Waals surface area contributed by atoms with Crippen molar-refractivity contribution in [1.82, 2.24) is 0 Å². The van der Waals surface area contributed by atoms with Crippen molar-refractivity contribution in [2.24, 2.45) is 17.6 Å². The van der Waals surface area contributed by atoms with Gasteiger partial charge in [-0.15, -0.1) is 11.3 Å². The smallest absolute Gasteiger partial charge is 0.0991 e. The molecule has 1 unspecified atom stereocenters. The molecule has 0 aliphatic heterocycles. The molecular weight excluding hydrogens is 261 g/mol. The molecule has 1 aliphatic rings. The Labute approximate surface area is 111 Å². The summed E-state index contributed by atoms with van der Waals surface area (Å²) in [6.07, 6.45) is 5.00. The Balaban J connectivity index is 2.07. The molecule has 16 heavy (non-hydrogen) atoms. The van der Waals surface area contributed by atoms with Gasteiger partial charge in [-0.05, 0) is 30.7 Å². The Hall–Kier alpha value is 0.240. The summed E-state index contributed by atoms with van der Waals surface area (Å²) in [5, 5.41) is 0. The van der Waals surface area contributed by atoms with E-state index in [1.807, 2.05) is 6.07 Å². The van der Waals surface area contributed by atoms with Crippen molar-refractivity contribution in [3.05, 3.63) is 20.3 Å². The van der Waals surface area contributed by atoms with Crippen molar-refractivity contribution in [2.45, 2.75) is 38.6 Å². The summed E-state index contributed by atoms with van der Waals surface area (Å²) in [6.45, 7) is 2.32. The van der Waals surface area contributed by atoms with Crippen molar-refractivity contribution in [3.63, 3.8) is 0 Å². The lowest BCUT2D eigenvalue weighted by molar-refractivity contribution is 0.256. The molecule has 0 amide bonds. The van der Waals surface area contributed by atoms with Crippen molar-refractivity contribution in [2.75, 3.05) is 0 Å². The van der Waals surface area contributed by atoms with E-state index in [-0.39, 0.29) is 6.04 Å². The van der Waals surface area contributed by atoms with Gasteiger partial charge in [0.15, 0.2) is 0 Å². The number of hydrogen-bond donors (Lipinski definition) is 1. The van der Waals surface area contributed by atoms with Crippen LogP contribution >= 0.6 is 34.5 Å². The first-order valence-electron chi connectivity index (χ1n) is 5.78. The first-order valence-corrected chi connectivity index (χ1v) is 7.35. The van der Waals surface area contributed by atoms with Crippen LogP contribution in [0.2, 0.25) is 8.67 Å². The molecule has 2 N–H and O–H groups in total. The normalized spacial score (nSPS) is 28.0. The lowest BCUT2D eigenvalue weighted by Crippen LogP contribution is -2.25. The topological polar surface area (TPSA) is 26.0 Å². The summed E-state index contributed by atoms with van der Waals surface area (Å²) in [5.74, 6) is 1.42. The van der Waals surface area contributed by atoms with Crippen LogP contribution in [0, 0.1) is 11.8 Å². The second-order valence-electron chi connectivity index (χ2n) is 4.83. The van der Waals surface area contributed by atoms with Crippen LogP contribution in [0.15, 0.2) is 6.07 Å². The molecule has 1 aromatic rings. The summed E-state index contributed by atoms with van der Waals surface area (Å²) in [5.41, 5.74) is 7.33. The van der Waals surface area contributed by atoms with Gasteiger partial charge in [0.05, 0.1) is 8.67 Å². The van der Waals surface area contributed by atoms with Gasteiger partial charge in [-0.3, -0.25) is 0 Å². The van der Waals surface area contributed by atoms with E-state index in [2.05, 4.69) is 6.92 Å². The van der Waals surface area contributed by atoms with Crippen LogP contribution in [0.25, 0.3) is 0 Å². The van der Waals surface area contributed by atoms with Gasteiger partial charge >= 0.3 is 0 Å². The molecule has 1 heterocycles. The number of hydrogen-bond acceptors (Lipinski definition) is 2. The molecular formula is C12H17Cl2NS. The molecule has 1 saturated carbocycles. The highest BCUT2D eigenvalue weighted by atomic mass is 35.5. The number of rotatable bonds is 2. The van der Waals surface area contributed by atoms with Crippen LogP contribution < -0.4 is 5.73 Å². The van der Waals surface area contributed by atoms with Crippen LogP contribution in [0.5, 0.6) is 0 Å². The lowest BCUT2D eigenvalue weighted by atomic mass is 9.78. The molecule has 1 aromatic heterocycles. The monoisotopic (exact) mass is 277 g/mol. The first-order chi connectivity index (χ1) is 7.58. The summed E-state index contributed by atoms with van der Waals surface area (Å²) >= 11 is 13.5. The fourth-order valence-electron chi connectivity index (χ4n) is 2.48. The highest BCUT2D eigenvalue weighted by molar-refractivity contribution is 7.20. The van der Waals surface area contributed by atoms with Gasteiger partial charge in [-0.1, -0.05) is 43.0 Å². The lowest BCUT2D eigenvalue weighted by Gasteiger charge is -2.30. The molecule has 0 aromatic carbocycles. The average molecular weight is 278 g/mol. The summed E-state index contributed by atoms with van der Waals surface area (Å²) < 4.78 is 1.50. The molecule has 2 rings (SSSR count). The SMILES string of the molecule is CC1CCC(C(N)c2cc(Cl)sc2Cl)CC1. The fourth-order valence-corrected chi connectivity index (χ4v) is 4.05. The second-order valence-corrected chi connectivity index (χ2v) is 7.11. The minimum Gasteiger partial charge on any atom is -0.324 e. The summed E-state index contributed by atoms with van der Waals surface area (Å²) in [4.78, 5) is 0. The molecule has 0 bridgehead atoms. The van der Waals surface area contributed by atoms with Gasteiger partial charge in [-0.25, -0.2) is 0 Å². The van der Waals surface area contributed by atoms with Crippen molar-refractivity contribution < 1.29 is 0 Å². The van der Waals surface area contributed by atoms with Crippen LogP contribution in [-0.2, 0) is 0 Å². The van der Waals surface area contributed by atoms with Crippen LogP contribution in [-0.4, -0.2) is 0 Å². The Bertz CT molecular complexity index is 356. The highest BCUT2D eigenvalue weighted by Crippen LogP contribution is 2.41. The Kier molecular flexibility index (Phi) is 4.17. The van der Waals surface area contributed by atoms with E-state index in [1.54, 1.807) is 0 Å². The van der Waals surface area contributed by atoms with Crippen LogP contribution in [0.4, 0.5) is 0 Å². The van der Waals surface area contributed by atoms with E-state index >= 15 is 0 Å². The summed E-state index contributed by atoms with van der Waals surface area (Å²) in [6, 6.07) is 1.99. The Morgan fingerprint density at radius 3 is 2.44 bits per heavy atom. The third kappa shape index (κ3) is 2.73. The summed E-state index contributed by atoms with van der Waals surface area (Å²) in [7, 11) is 0. The second kappa shape index (κ2) is 5.26. The minimum atomic E-state index is 0.0590. The standard InChI is InChI=1S/C12H17Cl2NS/c1-7-2-4-8(5-3-7)11(15)9-6-10(13)16-12(9)14/h6-8,11H,2-5,15H2,1H3. The minimum absolute atomic E-state index is 0.0590. The largest absolute Gasteiger partial charge is 0.324 e. The van der Waals surface area contributed by atoms with Gasteiger partial charge in [0.1, 0.15) is 0 Å². The molecule has 0 radical (unpaired) electrons. The molecule has 1 fully saturated rings. The zero-order valence-electron chi connectivity index (χ0n) is 9.38. The molecule has 4 heteroatoms. The van der Waals surface area contributed by atoms with Gasteiger partial charge in [-0.2, -0.15) is 0 Å². The van der Waals surface area contributed by atoms with Gasteiger partial charge in [0.25, 0.3) is 0 Å². The maximum Gasteiger partial charge on any atom is 0.0991 e. The fraction of sp³-hybridized carbons (Fsp3) is 0.667. The van der Waals surface area contributed by atoms with E-state index in [9.17, 15) is 0 Å². The third-order valence-electron chi connectivity index (χ3n) is 3.61. The molecule has 0 spiro atoms. The quantitative estimate of drug-likeness (QED) is 0.819. The van der Waals surface area contributed by atoms with E-state index in [1.165, 1.54) is 37.0 Å². The van der Waals surface area contributed by atoms with Gasteiger partial charge < -0.3 is 5.73 Å². The molecule has 90 valence electrons. The zero-order valence-corrected chi connectivity index (χ0v) is 11.7. The van der Waals surface area contributed by atoms with Crippen molar-refractivity contribution >= 4 is 34.5 Å². The van der Waals surface area contributed by atoms with Crippen molar-refractivity contribution in [3.8, 4) is 0 Å². The van der Waals surface area contributed by atoms with Gasteiger partial charge in [0, 0.05) is 11.6 Å². The Morgan fingerprint density at radius 2 is 1.94 bits per heavy atom. The van der Waals surface area contributed by atoms with Crippen molar-refractivity contribution in [1.29, 1.82) is 0 Å². The maximum absolute atomic E-state index is 6.29. The van der Waals surface area contributed by atoms with Crippen LogP contribution in [0.1, 0.15) is 44.2 Å². The van der Waals surface area contributed by atoms with Crippen LogP contribution in [0.3, 0.4) is 0 Å². The average Bonchev–Trinajstić information content (AvgIpc) is 2.58. The Morgan fingerprint density at radius 1 is 1.31 bits per heavy atom. The number of halogens is 2.